The maximum atomic E-state index is 13.2. The second-order valence-corrected chi connectivity index (χ2v) is 7.62. The third-order valence-corrected chi connectivity index (χ3v) is 5.02. The van der Waals surface area contributed by atoms with Crippen molar-refractivity contribution in [3.63, 3.8) is 0 Å². The summed E-state index contributed by atoms with van der Waals surface area (Å²) in [7, 11) is 0. The number of carbonyl (C=O) groups is 1. The first-order valence-electron chi connectivity index (χ1n) is 9.58. The van der Waals surface area contributed by atoms with Crippen LogP contribution in [0.3, 0.4) is 0 Å². The lowest BCUT2D eigenvalue weighted by Gasteiger charge is -2.10. The number of anilines is 1. The zero-order chi connectivity index (χ0) is 23.4. The van der Waals surface area contributed by atoms with Gasteiger partial charge in [-0.2, -0.15) is 10.2 Å². The molecule has 1 N–H and O–H groups in total. The lowest BCUT2D eigenvalue weighted by molar-refractivity contribution is -0.112. The number of nitrogens with one attached hydrogen (secondary N) is 1. The SMILES string of the molecule is N#C/C(=C\c1c(Oc2ccc(Cl)cc2)nc2ccccn2c1=O)C(=O)Nc1ccc(Cl)cc1. The summed E-state index contributed by atoms with van der Waals surface area (Å²) in [6.07, 6.45) is 2.69. The molecule has 0 fully saturated rings. The molecule has 9 heteroatoms. The smallest absolute Gasteiger partial charge is 0.269 e. The lowest BCUT2D eigenvalue weighted by Crippen LogP contribution is -2.20. The Kier molecular flexibility index (Phi) is 6.41. The number of benzene rings is 2. The number of ether oxygens (including phenoxy) is 1. The highest BCUT2D eigenvalue weighted by molar-refractivity contribution is 6.30. The van der Waals surface area contributed by atoms with Crippen molar-refractivity contribution in [2.24, 2.45) is 0 Å². The van der Waals surface area contributed by atoms with E-state index in [1.54, 1.807) is 66.7 Å². The van der Waals surface area contributed by atoms with E-state index in [1.807, 2.05) is 6.07 Å². The first-order valence-corrected chi connectivity index (χ1v) is 10.3. The van der Waals surface area contributed by atoms with Crippen LogP contribution in [0.2, 0.25) is 10.0 Å². The predicted octanol–water partition coefficient (Wildman–Crippen LogP) is 5.34. The van der Waals surface area contributed by atoms with E-state index < -0.39 is 11.5 Å². The Bertz CT molecular complexity index is 1470. The molecule has 1 amide bonds. The number of carbonyl (C=O) groups excluding carboxylic acids is 1. The van der Waals surface area contributed by atoms with Crippen LogP contribution >= 0.6 is 23.2 Å². The van der Waals surface area contributed by atoms with E-state index in [4.69, 9.17) is 27.9 Å². The van der Waals surface area contributed by atoms with Gasteiger partial charge in [0, 0.05) is 21.9 Å². The maximum Gasteiger partial charge on any atom is 0.269 e. The van der Waals surface area contributed by atoms with Gasteiger partial charge in [0.15, 0.2) is 0 Å². The van der Waals surface area contributed by atoms with E-state index >= 15 is 0 Å². The molecular formula is C24H14Cl2N4O3. The van der Waals surface area contributed by atoms with Gasteiger partial charge >= 0.3 is 0 Å². The molecule has 0 radical (unpaired) electrons. The van der Waals surface area contributed by atoms with E-state index in [2.05, 4.69) is 10.3 Å². The summed E-state index contributed by atoms with van der Waals surface area (Å²) in [5.74, 6) is -0.374. The summed E-state index contributed by atoms with van der Waals surface area (Å²) >= 11 is 11.8. The predicted molar refractivity (Wildman–Crippen MR) is 127 cm³/mol. The number of hydrogen-bond donors (Lipinski definition) is 1. The minimum Gasteiger partial charge on any atom is -0.438 e. The number of hydrogen-bond acceptors (Lipinski definition) is 5. The molecule has 0 atom stereocenters. The Balaban J connectivity index is 1.78. The zero-order valence-corrected chi connectivity index (χ0v) is 18.3. The highest BCUT2D eigenvalue weighted by atomic mass is 35.5. The second kappa shape index (κ2) is 9.57. The van der Waals surface area contributed by atoms with Crippen molar-refractivity contribution >= 4 is 46.5 Å². The van der Waals surface area contributed by atoms with Crippen molar-refractivity contribution in [2.75, 3.05) is 5.32 Å². The molecule has 0 aliphatic rings. The minimum absolute atomic E-state index is 0.0550. The Morgan fingerprint density at radius 2 is 1.70 bits per heavy atom. The van der Waals surface area contributed by atoms with Crippen LogP contribution in [0, 0.1) is 11.3 Å². The first kappa shape index (κ1) is 22.1. The molecule has 162 valence electrons. The van der Waals surface area contributed by atoms with Gasteiger partial charge in [-0.3, -0.25) is 14.0 Å². The van der Waals surface area contributed by atoms with Crippen molar-refractivity contribution in [3.8, 4) is 17.7 Å². The van der Waals surface area contributed by atoms with Crippen molar-refractivity contribution in [1.29, 1.82) is 5.26 Å². The van der Waals surface area contributed by atoms with Crippen LogP contribution in [0.4, 0.5) is 5.69 Å². The molecule has 0 unspecified atom stereocenters. The van der Waals surface area contributed by atoms with Gasteiger partial charge in [-0.1, -0.05) is 29.3 Å². The van der Waals surface area contributed by atoms with Crippen molar-refractivity contribution in [1.82, 2.24) is 9.38 Å². The standard InChI is InChI=1S/C24H14Cl2N4O3/c25-16-4-8-18(9-5-16)28-22(31)15(14-27)13-20-23(33-19-10-6-17(26)7-11-19)29-21-3-1-2-12-30(21)24(20)32/h1-13H,(H,28,31)/b15-13+. The van der Waals surface area contributed by atoms with Gasteiger partial charge in [-0.25, -0.2) is 0 Å². The van der Waals surface area contributed by atoms with Crippen molar-refractivity contribution in [2.45, 2.75) is 0 Å². The number of halogens is 2. The van der Waals surface area contributed by atoms with Crippen LogP contribution in [0.15, 0.2) is 83.3 Å². The first-order chi connectivity index (χ1) is 15.9. The van der Waals surface area contributed by atoms with Crippen LogP contribution in [0.1, 0.15) is 5.56 Å². The van der Waals surface area contributed by atoms with Crippen LogP contribution < -0.4 is 15.6 Å². The van der Waals surface area contributed by atoms with Crippen LogP contribution in [0.5, 0.6) is 11.6 Å². The fraction of sp³-hybridized carbons (Fsp3) is 0. The van der Waals surface area contributed by atoms with E-state index in [-0.39, 0.29) is 17.0 Å². The minimum atomic E-state index is -0.699. The molecular weight excluding hydrogens is 463 g/mol. The van der Waals surface area contributed by atoms with Gasteiger partial charge in [-0.05, 0) is 66.7 Å². The quantitative estimate of drug-likeness (QED) is 0.309. The molecule has 0 saturated heterocycles. The second-order valence-electron chi connectivity index (χ2n) is 6.75. The topological polar surface area (TPSA) is 96.5 Å². The maximum absolute atomic E-state index is 13.2. The van der Waals surface area contributed by atoms with Gasteiger partial charge in [0.1, 0.15) is 28.6 Å². The van der Waals surface area contributed by atoms with E-state index in [1.165, 1.54) is 10.6 Å². The number of fused-ring (bicyclic) bond motifs is 1. The number of amides is 1. The average Bonchev–Trinajstić information content (AvgIpc) is 2.82. The Morgan fingerprint density at radius 3 is 2.36 bits per heavy atom. The number of nitriles is 1. The highest BCUT2D eigenvalue weighted by Crippen LogP contribution is 2.25. The number of pyridine rings is 1. The fourth-order valence-corrected chi connectivity index (χ4v) is 3.17. The zero-order valence-electron chi connectivity index (χ0n) is 16.8. The molecule has 4 aromatic rings. The van der Waals surface area contributed by atoms with Crippen LogP contribution in [-0.4, -0.2) is 15.3 Å². The molecule has 4 rings (SSSR count). The molecule has 0 bridgehead atoms. The summed E-state index contributed by atoms with van der Waals surface area (Å²) in [6.45, 7) is 0. The van der Waals surface area contributed by atoms with Crippen molar-refractivity contribution in [3.05, 3.63) is 104 Å². The van der Waals surface area contributed by atoms with E-state index in [0.29, 0.717) is 27.1 Å². The third-order valence-electron chi connectivity index (χ3n) is 4.52. The summed E-state index contributed by atoms with van der Waals surface area (Å²) in [5.41, 5.74) is -0.0852. The van der Waals surface area contributed by atoms with Gasteiger partial charge in [0.25, 0.3) is 11.5 Å². The molecule has 7 nitrogen and oxygen atoms in total. The largest absolute Gasteiger partial charge is 0.438 e. The highest BCUT2D eigenvalue weighted by Gasteiger charge is 2.17. The lowest BCUT2D eigenvalue weighted by atomic mass is 10.1. The monoisotopic (exact) mass is 476 g/mol. The molecule has 0 aliphatic heterocycles. The summed E-state index contributed by atoms with van der Waals surface area (Å²) in [4.78, 5) is 30.3. The molecule has 2 heterocycles. The number of aromatic nitrogens is 2. The van der Waals surface area contributed by atoms with Gasteiger partial charge in [-0.15, -0.1) is 0 Å². The van der Waals surface area contributed by atoms with E-state index in [9.17, 15) is 14.9 Å². The molecule has 0 aliphatic carbocycles. The summed E-state index contributed by atoms with van der Waals surface area (Å²) in [6, 6.07) is 19.7. The molecule has 0 spiro atoms. The Hall–Kier alpha value is -4.12. The third kappa shape index (κ3) is 5.04. The number of rotatable bonds is 5. The normalized spacial score (nSPS) is 11.1. The van der Waals surface area contributed by atoms with Crippen molar-refractivity contribution < 1.29 is 9.53 Å². The number of nitrogens with zero attached hydrogens (tertiary/aromatic N) is 3. The van der Waals surface area contributed by atoms with Gasteiger partial charge in [0.05, 0.1) is 0 Å². The molecule has 2 aromatic heterocycles. The molecule has 2 aromatic carbocycles. The van der Waals surface area contributed by atoms with E-state index in [0.717, 1.165) is 6.08 Å². The average molecular weight is 477 g/mol. The summed E-state index contributed by atoms with van der Waals surface area (Å²) in [5, 5.41) is 13.2. The van der Waals surface area contributed by atoms with Gasteiger partial charge < -0.3 is 10.1 Å². The fourth-order valence-electron chi connectivity index (χ4n) is 2.92. The van der Waals surface area contributed by atoms with Crippen LogP contribution in [0.25, 0.3) is 11.7 Å². The Labute approximate surface area is 198 Å². The molecule has 33 heavy (non-hydrogen) atoms. The molecule has 0 saturated carbocycles. The van der Waals surface area contributed by atoms with Crippen LogP contribution in [-0.2, 0) is 4.79 Å². The van der Waals surface area contributed by atoms with Gasteiger partial charge in [0.2, 0.25) is 5.88 Å². The summed E-state index contributed by atoms with van der Waals surface area (Å²) < 4.78 is 7.12. The Morgan fingerprint density at radius 1 is 1.03 bits per heavy atom.